The normalized spacial score (nSPS) is 10.5. The van der Waals surface area contributed by atoms with E-state index in [0.29, 0.717) is 5.69 Å². The highest BCUT2D eigenvalue weighted by Gasteiger charge is 2.12. The average Bonchev–Trinajstić information content (AvgIpc) is 3.28. The maximum atomic E-state index is 12.1. The third kappa shape index (κ3) is 4.56. The van der Waals surface area contributed by atoms with Crippen molar-refractivity contribution in [1.82, 2.24) is 10.3 Å². The average molecular weight is 386 g/mol. The van der Waals surface area contributed by atoms with Crippen molar-refractivity contribution in [2.24, 2.45) is 0 Å². The first kappa shape index (κ1) is 18.3. The van der Waals surface area contributed by atoms with Crippen LogP contribution in [-0.4, -0.2) is 23.3 Å². The lowest BCUT2D eigenvalue weighted by molar-refractivity contribution is -0.123. The Morgan fingerprint density at radius 3 is 2.54 bits per heavy atom. The van der Waals surface area contributed by atoms with Crippen molar-refractivity contribution in [2.45, 2.75) is 20.3 Å². The van der Waals surface area contributed by atoms with Crippen LogP contribution in [0.4, 0.5) is 5.69 Å². The standard InChI is InChI=1S/C19H19N3O2S2/c1-12-4-3-5-13(2)18(12)22-17(24)9-20-16(23)8-15-11-26-19(21-15)14-6-7-25-10-14/h3-7,10-11H,8-9H2,1-2H3,(H,20,23)(H,22,24). The van der Waals surface area contributed by atoms with Gasteiger partial charge in [-0.1, -0.05) is 18.2 Å². The number of hydrogen-bond donors (Lipinski definition) is 2. The highest BCUT2D eigenvalue weighted by molar-refractivity contribution is 7.14. The van der Waals surface area contributed by atoms with Crippen LogP contribution in [0.2, 0.25) is 0 Å². The Labute approximate surface area is 160 Å². The van der Waals surface area contributed by atoms with E-state index in [4.69, 9.17) is 0 Å². The number of aromatic nitrogens is 1. The Morgan fingerprint density at radius 1 is 1.08 bits per heavy atom. The van der Waals surface area contributed by atoms with E-state index in [0.717, 1.165) is 27.4 Å². The molecule has 0 aliphatic carbocycles. The number of rotatable bonds is 6. The van der Waals surface area contributed by atoms with Gasteiger partial charge in [-0.25, -0.2) is 4.98 Å². The van der Waals surface area contributed by atoms with Gasteiger partial charge < -0.3 is 10.6 Å². The van der Waals surface area contributed by atoms with E-state index in [1.54, 1.807) is 11.3 Å². The molecule has 0 atom stereocenters. The van der Waals surface area contributed by atoms with Gasteiger partial charge >= 0.3 is 0 Å². The summed E-state index contributed by atoms with van der Waals surface area (Å²) in [5.74, 6) is -0.461. The first-order valence-electron chi connectivity index (χ1n) is 8.12. The maximum Gasteiger partial charge on any atom is 0.243 e. The van der Waals surface area contributed by atoms with Crippen molar-refractivity contribution in [2.75, 3.05) is 11.9 Å². The van der Waals surface area contributed by atoms with Crippen LogP contribution in [0.1, 0.15) is 16.8 Å². The van der Waals surface area contributed by atoms with E-state index in [1.807, 2.05) is 54.3 Å². The Hall–Kier alpha value is -2.51. The fourth-order valence-electron chi connectivity index (χ4n) is 2.51. The van der Waals surface area contributed by atoms with Crippen molar-refractivity contribution in [3.63, 3.8) is 0 Å². The van der Waals surface area contributed by atoms with E-state index >= 15 is 0 Å². The summed E-state index contributed by atoms with van der Waals surface area (Å²) in [6.07, 6.45) is 0.164. The van der Waals surface area contributed by atoms with Crippen LogP contribution in [0, 0.1) is 13.8 Å². The minimum Gasteiger partial charge on any atom is -0.347 e. The topological polar surface area (TPSA) is 71.1 Å². The predicted molar refractivity (Wildman–Crippen MR) is 107 cm³/mol. The van der Waals surface area contributed by atoms with Gasteiger partial charge in [-0.15, -0.1) is 11.3 Å². The van der Waals surface area contributed by atoms with Gasteiger partial charge in [0, 0.05) is 22.0 Å². The molecular formula is C19H19N3O2S2. The largest absolute Gasteiger partial charge is 0.347 e. The summed E-state index contributed by atoms with van der Waals surface area (Å²) in [4.78, 5) is 28.6. The van der Waals surface area contributed by atoms with Gasteiger partial charge in [-0.05, 0) is 36.4 Å². The summed E-state index contributed by atoms with van der Waals surface area (Å²) in [6, 6.07) is 7.83. The number of carbonyl (C=O) groups excluding carboxylic acids is 2. The summed E-state index contributed by atoms with van der Waals surface area (Å²) in [5, 5.41) is 12.3. The van der Waals surface area contributed by atoms with E-state index in [9.17, 15) is 9.59 Å². The summed E-state index contributed by atoms with van der Waals surface area (Å²) in [6.45, 7) is 3.82. The zero-order chi connectivity index (χ0) is 18.5. The first-order valence-corrected chi connectivity index (χ1v) is 9.95. The number of thiazole rings is 1. The Bertz CT molecular complexity index is 897. The van der Waals surface area contributed by atoms with E-state index in [1.165, 1.54) is 11.3 Å². The van der Waals surface area contributed by atoms with Crippen LogP contribution in [0.25, 0.3) is 10.6 Å². The number of aryl methyl sites for hydroxylation is 2. The SMILES string of the molecule is Cc1cccc(C)c1NC(=O)CNC(=O)Cc1csc(-c2ccsc2)n1. The van der Waals surface area contributed by atoms with Crippen LogP contribution in [0.3, 0.4) is 0 Å². The Morgan fingerprint density at radius 2 is 1.85 bits per heavy atom. The summed E-state index contributed by atoms with van der Waals surface area (Å²) < 4.78 is 0. The van der Waals surface area contributed by atoms with Gasteiger partial charge in [-0.2, -0.15) is 11.3 Å². The van der Waals surface area contributed by atoms with Crippen molar-refractivity contribution in [3.05, 3.63) is 57.2 Å². The second-order valence-corrected chi connectivity index (χ2v) is 7.56. The smallest absolute Gasteiger partial charge is 0.243 e. The molecule has 0 aliphatic rings. The molecule has 0 spiro atoms. The number of thiophene rings is 1. The number of para-hydroxylation sites is 1. The lowest BCUT2D eigenvalue weighted by Crippen LogP contribution is -2.34. The third-order valence-electron chi connectivity index (χ3n) is 3.85. The Kier molecular flexibility index (Phi) is 5.80. The number of hydrogen-bond acceptors (Lipinski definition) is 5. The molecule has 2 aromatic heterocycles. The maximum absolute atomic E-state index is 12.1. The number of anilines is 1. The van der Waals surface area contributed by atoms with Crippen molar-refractivity contribution in [1.29, 1.82) is 0 Å². The highest BCUT2D eigenvalue weighted by atomic mass is 32.1. The molecule has 7 heteroatoms. The minimum absolute atomic E-state index is 0.0614. The zero-order valence-electron chi connectivity index (χ0n) is 14.5. The minimum atomic E-state index is -0.243. The van der Waals surface area contributed by atoms with E-state index in [-0.39, 0.29) is 24.8 Å². The van der Waals surface area contributed by atoms with Crippen molar-refractivity contribution >= 4 is 40.2 Å². The lowest BCUT2D eigenvalue weighted by atomic mass is 10.1. The van der Waals surface area contributed by atoms with Gasteiger partial charge in [0.2, 0.25) is 11.8 Å². The van der Waals surface area contributed by atoms with Crippen LogP contribution in [0.15, 0.2) is 40.4 Å². The first-order chi connectivity index (χ1) is 12.5. The molecule has 3 aromatic rings. The zero-order valence-corrected chi connectivity index (χ0v) is 16.2. The second-order valence-electron chi connectivity index (χ2n) is 5.92. The molecule has 2 amide bonds. The summed E-state index contributed by atoms with van der Waals surface area (Å²) in [7, 11) is 0. The van der Waals surface area contributed by atoms with Crippen molar-refractivity contribution < 1.29 is 9.59 Å². The van der Waals surface area contributed by atoms with Crippen LogP contribution in [-0.2, 0) is 16.0 Å². The monoisotopic (exact) mass is 385 g/mol. The molecule has 3 rings (SSSR count). The summed E-state index contributed by atoms with van der Waals surface area (Å²) >= 11 is 3.13. The number of amides is 2. The van der Waals surface area contributed by atoms with E-state index in [2.05, 4.69) is 15.6 Å². The molecule has 2 N–H and O–H groups in total. The molecule has 2 heterocycles. The van der Waals surface area contributed by atoms with Gasteiger partial charge in [0.15, 0.2) is 0 Å². The molecule has 0 unspecified atom stereocenters. The quantitative estimate of drug-likeness (QED) is 0.678. The lowest BCUT2D eigenvalue weighted by Gasteiger charge is -2.11. The fraction of sp³-hybridized carbons (Fsp3) is 0.211. The third-order valence-corrected chi connectivity index (χ3v) is 5.48. The Balaban J connectivity index is 1.50. The molecule has 0 aliphatic heterocycles. The van der Waals surface area contributed by atoms with Crippen LogP contribution >= 0.6 is 22.7 Å². The molecule has 0 radical (unpaired) electrons. The molecule has 26 heavy (non-hydrogen) atoms. The number of nitrogens with one attached hydrogen (secondary N) is 2. The molecule has 0 bridgehead atoms. The van der Waals surface area contributed by atoms with Gasteiger partial charge in [0.05, 0.1) is 18.7 Å². The van der Waals surface area contributed by atoms with Crippen molar-refractivity contribution in [3.8, 4) is 10.6 Å². The summed E-state index contributed by atoms with van der Waals surface area (Å²) in [5.41, 5.74) is 4.57. The van der Waals surface area contributed by atoms with E-state index < -0.39 is 0 Å². The molecule has 5 nitrogen and oxygen atoms in total. The molecular weight excluding hydrogens is 366 g/mol. The predicted octanol–water partition coefficient (Wildman–Crippen LogP) is 3.79. The van der Waals surface area contributed by atoms with Gasteiger partial charge in [0.1, 0.15) is 5.01 Å². The molecule has 0 saturated carbocycles. The number of benzene rings is 1. The molecule has 134 valence electrons. The molecule has 0 saturated heterocycles. The van der Waals surface area contributed by atoms with Crippen LogP contribution in [0.5, 0.6) is 0 Å². The molecule has 1 aromatic carbocycles. The fourth-order valence-corrected chi connectivity index (χ4v) is 4.04. The second kappa shape index (κ2) is 8.25. The van der Waals surface area contributed by atoms with Gasteiger partial charge in [-0.3, -0.25) is 9.59 Å². The molecule has 0 fully saturated rings. The highest BCUT2D eigenvalue weighted by Crippen LogP contribution is 2.25. The van der Waals surface area contributed by atoms with Gasteiger partial charge in [0.25, 0.3) is 0 Å². The number of nitrogens with zero attached hydrogens (tertiary/aromatic N) is 1. The number of carbonyl (C=O) groups is 2. The van der Waals surface area contributed by atoms with Crippen LogP contribution < -0.4 is 10.6 Å².